The van der Waals surface area contributed by atoms with Crippen LogP contribution in [-0.4, -0.2) is 38.8 Å². The summed E-state index contributed by atoms with van der Waals surface area (Å²) in [7, 11) is -1.81. The first-order chi connectivity index (χ1) is 15.0. The first kappa shape index (κ1) is 23.2. The van der Waals surface area contributed by atoms with E-state index >= 15 is 0 Å². The van der Waals surface area contributed by atoms with E-state index in [4.69, 9.17) is 4.74 Å². The molecule has 1 amide bonds. The van der Waals surface area contributed by atoms with Crippen LogP contribution in [0.2, 0.25) is 0 Å². The molecule has 1 fully saturated rings. The number of sulfonamides is 1. The molecule has 0 atom stereocenters. The molecule has 0 aliphatic carbocycles. The van der Waals surface area contributed by atoms with Gasteiger partial charge in [0.1, 0.15) is 0 Å². The van der Waals surface area contributed by atoms with E-state index in [1.165, 1.54) is 6.08 Å². The van der Waals surface area contributed by atoms with Gasteiger partial charge in [-0.3, -0.25) is 4.79 Å². The van der Waals surface area contributed by atoms with Crippen molar-refractivity contribution in [2.24, 2.45) is 0 Å². The monoisotopic (exact) mass is 442 g/mol. The number of nitrogens with one attached hydrogen (secondary N) is 1. The molecule has 31 heavy (non-hydrogen) atoms. The minimum atomic E-state index is -3.46. The van der Waals surface area contributed by atoms with Gasteiger partial charge in [-0.2, -0.15) is 4.31 Å². The van der Waals surface area contributed by atoms with Gasteiger partial charge >= 0.3 is 0 Å². The second-order valence-corrected chi connectivity index (χ2v) is 9.63. The number of amides is 1. The second-order valence-electron chi connectivity index (χ2n) is 7.69. The Labute approximate surface area is 185 Å². The zero-order chi connectivity index (χ0) is 22.1. The quantitative estimate of drug-likeness (QED) is 0.632. The van der Waals surface area contributed by atoms with Crippen LogP contribution < -0.4 is 5.32 Å². The summed E-state index contributed by atoms with van der Waals surface area (Å²) < 4.78 is 32.4. The highest BCUT2D eigenvalue weighted by Gasteiger charge is 2.24. The smallest absolute Gasteiger partial charge is 0.244 e. The Kier molecular flexibility index (Phi) is 8.40. The van der Waals surface area contributed by atoms with Crippen LogP contribution in [-0.2, 0) is 32.7 Å². The molecule has 1 aliphatic heterocycles. The summed E-state index contributed by atoms with van der Waals surface area (Å²) in [6.45, 7) is 2.12. The van der Waals surface area contributed by atoms with Gasteiger partial charge in [-0.25, -0.2) is 8.42 Å². The lowest BCUT2D eigenvalue weighted by molar-refractivity contribution is -0.116. The van der Waals surface area contributed by atoms with Gasteiger partial charge in [-0.1, -0.05) is 49.2 Å². The minimum absolute atomic E-state index is 0.210. The number of ether oxygens (including phenoxy) is 1. The lowest BCUT2D eigenvalue weighted by atomic mass is 10.1. The fourth-order valence-corrected chi connectivity index (χ4v) is 5.12. The van der Waals surface area contributed by atoms with E-state index in [9.17, 15) is 13.2 Å². The van der Waals surface area contributed by atoms with Crippen LogP contribution in [0.4, 0.5) is 0 Å². The SMILES string of the molecule is COCc1cccc(CNC(=O)C=Cc2ccc(S(=O)(=O)N3CCCCCC3)cc2)c1. The Balaban J connectivity index is 1.56. The van der Waals surface area contributed by atoms with Crippen molar-refractivity contribution in [2.45, 2.75) is 43.7 Å². The van der Waals surface area contributed by atoms with Crippen molar-refractivity contribution in [3.63, 3.8) is 0 Å². The zero-order valence-electron chi connectivity index (χ0n) is 17.9. The van der Waals surface area contributed by atoms with E-state index in [0.29, 0.717) is 31.1 Å². The van der Waals surface area contributed by atoms with E-state index in [1.54, 1.807) is 41.8 Å². The number of carbonyl (C=O) groups is 1. The zero-order valence-corrected chi connectivity index (χ0v) is 18.7. The highest BCUT2D eigenvalue weighted by Crippen LogP contribution is 2.21. The van der Waals surface area contributed by atoms with Gasteiger partial charge in [0.05, 0.1) is 11.5 Å². The van der Waals surface area contributed by atoms with Gasteiger partial charge in [0.2, 0.25) is 15.9 Å². The Bertz CT molecular complexity index is 992. The fourth-order valence-electron chi connectivity index (χ4n) is 3.60. The van der Waals surface area contributed by atoms with E-state index in [0.717, 1.165) is 42.4 Å². The topological polar surface area (TPSA) is 75.7 Å². The molecule has 166 valence electrons. The second kappa shape index (κ2) is 11.2. The van der Waals surface area contributed by atoms with Crippen molar-refractivity contribution in [2.75, 3.05) is 20.2 Å². The number of hydrogen-bond acceptors (Lipinski definition) is 4. The van der Waals surface area contributed by atoms with Crippen molar-refractivity contribution >= 4 is 22.0 Å². The van der Waals surface area contributed by atoms with Crippen LogP contribution in [0.5, 0.6) is 0 Å². The molecule has 6 nitrogen and oxygen atoms in total. The molecular formula is C24H30N2O4S. The summed E-state index contributed by atoms with van der Waals surface area (Å²) in [4.78, 5) is 12.4. The standard InChI is InChI=1S/C24H30N2O4S/c1-30-19-22-8-6-7-21(17-22)18-25-24(27)14-11-20-9-12-23(13-10-20)31(28,29)26-15-4-2-3-5-16-26/h6-14,17H,2-5,15-16,18-19H2,1H3,(H,25,27). The molecule has 1 saturated heterocycles. The van der Waals surface area contributed by atoms with Crippen LogP contribution >= 0.6 is 0 Å². The van der Waals surface area contributed by atoms with Gasteiger partial charge in [0, 0.05) is 32.8 Å². The maximum Gasteiger partial charge on any atom is 0.244 e. The van der Waals surface area contributed by atoms with Crippen molar-refractivity contribution in [1.82, 2.24) is 9.62 Å². The molecule has 7 heteroatoms. The summed E-state index contributed by atoms with van der Waals surface area (Å²) in [6.07, 6.45) is 7.11. The number of benzene rings is 2. The average molecular weight is 443 g/mol. The molecule has 1 aliphatic rings. The third kappa shape index (κ3) is 6.75. The molecule has 0 radical (unpaired) electrons. The van der Waals surface area contributed by atoms with Gasteiger partial charge in [0.25, 0.3) is 0 Å². The molecule has 0 spiro atoms. The van der Waals surface area contributed by atoms with Crippen molar-refractivity contribution in [1.29, 1.82) is 0 Å². The highest BCUT2D eigenvalue weighted by atomic mass is 32.2. The third-order valence-electron chi connectivity index (χ3n) is 5.28. The maximum atomic E-state index is 12.8. The molecule has 2 aromatic carbocycles. The molecule has 0 saturated carbocycles. The number of methoxy groups -OCH3 is 1. The first-order valence-electron chi connectivity index (χ1n) is 10.6. The van der Waals surface area contributed by atoms with E-state index in [-0.39, 0.29) is 5.91 Å². The maximum absolute atomic E-state index is 12.8. The lowest BCUT2D eigenvalue weighted by Crippen LogP contribution is -2.31. The van der Waals surface area contributed by atoms with Gasteiger partial charge in [-0.15, -0.1) is 0 Å². The molecule has 0 unspecified atom stereocenters. The number of nitrogens with zero attached hydrogens (tertiary/aromatic N) is 1. The summed E-state index contributed by atoms with van der Waals surface area (Å²) in [5.41, 5.74) is 2.83. The van der Waals surface area contributed by atoms with Gasteiger partial charge < -0.3 is 10.1 Å². The summed E-state index contributed by atoms with van der Waals surface area (Å²) in [5, 5.41) is 2.85. The number of hydrogen-bond donors (Lipinski definition) is 1. The molecule has 2 aromatic rings. The summed E-state index contributed by atoms with van der Waals surface area (Å²) >= 11 is 0. The van der Waals surface area contributed by atoms with E-state index in [2.05, 4.69) is 5.32 Å². The Morgan fingerprint density at radius 1 is 1.03 bits per heavy atom. The average Bonchev–Trinajstić information content (AvgIpc) is 3.07. The normalized spacial score (nSPS) is 15.6. The number of carbonyl (C=O) groups excluding carboxylic acids is 1. The van der Waals surface area contributed by atoms with Crippen molar-refractivity contribution < 1.29 is 17.9 Å². The van der Waals surface area contributed by atoms with Gasteiger partial charge in [-0.05, 0) is 47.7 Å². The summed E-state index contributed by atoms with van der Waals surface area (Å²) in [6, 6.07) is 14.5. The molecule has 0 aromatic heterocycles. The lowest BCUT2D eigenvalue weighted by Gasteiger charge is -2.19. The molecule has 1 heterocycles. The van der Waals surface area contributed by atoms with Crippen molar-refractivity contribution in [3.8, 4) is 0 Å². The van der Waals surface area contributed by atoms with Crippen LogP contribution in [0.1, 0.15) is 42.4 Å². The predicted molar refractivity (Wildman–Crippen MR) is 122 cm³/mol. The molecule has 0 bridgehead atoms. The number of rotatable bonds is 8. The fraction of sp³-hybridized carbons (Fsp3) is 0.375. The Hall–Kier alpha value is -2.48. The largest absolute Gasteiger partial charge is 0.380 e. The van der Waals surface area contributed by atoms with Crippen LogP contribution in [0.15, 0.2) is 59.5 Å². The van der Waals surface area contributed by atoms with Crippen LogP contribution in [0.25, 0.3) is 6.08 Å². The van der Waals surface area contributed by atoms with E-state index < -0.39 is 10.0 Å². The molecule has 3 rings (SSSR count). The van der Waals surface area contributed by atoms with Crippen LogP contribution in [0.3, 0.4) is 0 Å². The predicted octanol–water partition coefficient (Wildman–Crippen LogP) is 3.73. The van der Waals surface area contributed by atoms with Crippen molar-refractivity contribution in [3.05, 3.63) is 71.3 Å². The molecular weight excluding hydrogens is 412 g/mol. The van der Waals surface area contributed by atoms with E-state index in [1.807, 2.05) is 24.3 Å². The van der Waals surface area contributed by atoms with Gasteiger partial charge in [0.15, 0.2) is 0 Å². The van der Waals surface area contributed by atoms with Crippen LogP contribution in [0, 0.1) is 0 Å². The Morgan fingerprint density at radius 2 is 1.71 bits per heavy atom. The summed E-state index contributed by atoms with van der Waals surface area (Å²) in [5.74, 6) is -0.210. The minimum Gasteiger partial charge on any atom is -0.380 e. The first-order valence-corrected chi connectivity index (χ1v) is 12.1. The molecule has 1 N–H and O–H groups in total. The Morgan fingerprint density at radius 3 is 2.39 bits per heavy atom. The third-order valence-corrected chi connectivity index (χ3v) is 7.19. The highest BCUT2D eigenvalue weighted by molar-refractivity contribution is 7.89.